The van der Waals surface area contributed by atoms with Crippen LogP contribution in [0.4, 0.5) is 0 Å². The second-order valence-corrected chi connectivity index (χ2v) is 7.39. The molecule has 0 spiro atoms. The summed E-state index contributed by atoms with van der Waals surface area (Å²) < 4.78 is 24.1. The van der Waals surface area contributed by atoms with E-state index in [4.69, 9.17) is 5.73 Å². The van der Waals surface area contributed by atoms with E-state index in [-0.39, 0.29) is 17.1 Å². The lowest BCUT2D eigenvalue weighted by Gasteiger charge is -1.99. The van der Waals surface area contributed by atoms with Crippen LogP contribution in [0, 0.1) is 5.92 Å². The summed E-state index contributed by atoms with van der Waals surface area (Å²) in [6.07, 6.45) is 1.29. The normalized spacial score (nSPS) is 29.1. The zero-order chi connectivity index (χ0) is 11.9. The van der Waals surface area contributed by atoms with Crippen molar-refractivity contribution in [2.75, 3.05) is 12.8 Å². The van der Waals surface area contributed by atoms with Gasteiger partial charge in [-0.15, -0.1) is 0 Å². The van der Waals surface area contributed by atoms with Crippen LogP contribution >= 0.6 is 15.9 Å². The predicted octanol–water partition coefficient (Wildman–Crippen LogP) is 1.53. The van der Waals surface area contributed by atoms with E-state index in [9.17, 15) is 8.42 Å². The first-order chi connectivity index (χ1) is 7.45. The molecular weight excluding hydrogens is 290 g/mol. The molecule has 1 aromatic carbocycles. The summed E-state index contributed by atoms with van der Waals surface area (Å²) in [6, 6.07) is 7.78. The Morgan fingerprint density at radius 3 is 2.25 bits per heavy atom. The van der Waals surface area contributed by atoms with Crippen LogP contribution in [0.25, 0.3) is 0 Å². The molecule has 0 unspecified atom stereocenters. The van der Waals surface area contributed by atoms with E-state index < -0.39 is 9.84 Å². The van der Waals surface area contributed by atoms with Gasteiger partial charge in [0.2, 0.25) is 0 Å². The quantitative estimate of drug-likeness (QED) is 0.921. The van der Waals surface area contributed by atoms with Gasteiger partial charge in [-0.1, -0.05) is 28.1 Å². The summed E-state index contributed by atoms with van der Waals surface area (Å²) in [4.78, 5) is 0. The molecule has 1 aromatic rings. The van der Waals surface area contributed by atoms with Crippen LogP contribution in [0.1, 0.15) is 11.5 Å². The maximum atomic E-state index is 11.5. The minimum atomic E-state index is -2.99. The largest absolute Gasteiger partial charge is 0.330 e. The van der Waals surface area contributed by atoms with Crippen LogP contribution in [0.15, 0.2) is 28.7 Å². The molecule has 88 valence electrons. The molecule has 1 aliphatic rings. The lowest BCUT2D eigenvalue weighted by atomic mass is 10.1. The van der Waals surface area contributed by atoms with Crippen molar-refractivity contribution in [2.45, 2.75) is 11.2 Å². The Bertz CT molecular complexity index is 483. The zero-order valence-electron chi connectivity index (χ0n) is 8.93. The number of halogens is 1. The first-order valence-electron chi connectivity index (χ1n) is 5.09. The molecular formula is C11H14BrNO2S. The summed E-state index contributed by atoms with van der Waals surface area (Å²) >= 11 is 3.36. The van der Waals surface area contributed by atoms with Gasteiger partial charge in [0.05, 0.1) is 5.25 Å². The van der Waals surface area contributed by atoms with Gasteiger partial charge in [0.1, 0.15) is 0 Å². The van der Waals surface area contributed by atoms with Crippen LogP contribution in [0.5, 0.6) is 0 Å². The Balaban J connectivity index is 2.27. The number of benzene rings is 1. The van der Waals surface area contributed by atoms with Crippen molar-refractivity contribution < 1.29 is 8.42 Å². The lowest BCUT2D eigenvalue weighted by molar-refractivity contribution is 0.597. The monoisotopic (exact) mass is 303 g/mol. The van der Waals surface area contributed by atoms with Gasteiger partial charge < -0.3 is 5.73 Å². The highest BCUT2D eigenvalue weighted by Gasteiger charge is 2.55. The molecule has 16 heavy (non-hydrogen) atoms. The molecule has 2 N–H and O–H groups in total. The fourth-order valence-corrected chi connectivity index (χ4v) is 4.31. The Kier molecular flexibility index (Phi) is 3.11. The number of hydrogen-bond donors (Lipinski definition) is 1. The van der Waals surface area contributed by atoms with E-state index >= 15 is 0 Å². The highest BCUT2D eigenvalue weighted by Crippen LogP contribution is 2.51. The molecule has 0 bridgehead atoms. The maximum Gasteiger partial charge on any atom is 0.151 e. The lowest BCUT2D eigenvalue weighted by Crippen LogP contribution is -2.11. The summed E-state index contributed by atoms with van der Waals surface area (Å²) in [5.41, 5.74) is 6.67. The molecule has 0 heterocycles. The Hall–Kier alpha value is -0.390. The highest BCUT2D eigenvalue weighted by atomic mass is 79.9. The van der Waals surface area contributed by atoms with Crippen LogP contribution in [-0.4, -0.2) is 26.5 Å². The summed E-state index contributed by atoms with van der Waals surface area (Å²) in [5.74, 6) is 0.157. The molecule has 0 amide bonds. The fraction of sp³-hybridized carbons (Fsp3) is 0.455. The Labute approximate surface area is 104 Å². The van der Waals surface area contributed by atoms with E-state index in [1.807, 2.05) is 24.3 Å². The van der Waals surface area contributed by atoms with Crippen molar-refractivity contribution in [3.63, 3.8) is 0 Å². The number of rotatable bonds is 3. The van der Waals surface area contributed by atoms with Gasteiger partial charge in [0, 0.05) is 16.6 Å². The van der Waals surface area contributed by atoms with Crippen molar-refractivity contribution in [1.29, 1.82) is 0 Å². The SMILES string of the molecule is CS(=O)(=O)[C@@H]1[C@@H](CN)[C@@H]1c1ccc(Br)cc1. The van der Waals surface area contributed by atoms with Crippen LogP contribution in [0.2, 0.25) is 0 Å². The predicted molar refractivity (Wildman–Crippen MR) is 68.1 cm³/mol. The molecule has 1 fully saturated rings. The van der Waals surface area contributed by atoms with Crippen molar-refractivity contribution in [3.05, 3.63) is 34.3 Å². The van der Waals surface area contributed by atoms with E-state index in [1.165, 1.54) is 6.26 Å². The molecule has 3 atom stereocenters. The molecule has 0 radical (unpaired) electrons. The topological polar surface area (TPSA) is 60.2 Å². The molecule has 1 saturated carbocycles. The third-order valence-electron chi connectivity index (χ3n) is 3.12. The van der Waals surface area contributed by atoms with Crippen molar-refractivity contribution in [3.8, 4) is 0 Å². The van der Waals surface area contributed by atoms with Crippen molar-refractivity contribution in [2.24, 2.45) is 11.7 Å². The van der Waals surface area contributed by atoms with Crippen LogP contribution < -0.4 is 5.73 Å². The van der Waals surface area contributed by atoms with E-state index in [0.29, 0.717) is 6.54 Å². The molecule has 0 aliphatic heterocycles. The van der Waals surface area contributed by atoms with Gasteiger partial charge in [-0.05, 0) is 30.2 Å². The van der Waals surface area contributed by atoms with Crippen molar-refractivity contribution in [1.82, 2.24) is 0 Å². The highest BCUT2D eigenvalue weighted by molar-refractivity contribution is 9.10. The number of nitrogens with two attached hydrogens (primary N) is 1. The Morgan fingerprint density at radius 1 is 1.31 bits per heavy atom. The minimum absolute atomic E-state index is 0.0769. The maximum absolute atomic E-state index is 11.5. The van der Waals surface area contributed by atoms with E-state index in [2.05, 4.69) is 15.9 Å². The summed E-state index contributed by atoms with van der Waals surface area (Å²) in [6.45, 7) is 0.429. The zero-order valence-corrected chi connectivity index (χ0v) is 11.3. The van der Waals surface area contributed by atoms with Gasteiger partial charge in [0.15, 0.2) is 9.84 Å². The van der Waals surface area contributed by atoms with E-state index in [0.717, 1.165) is 10.0 Å². The second-order valence-electron chi connectivity index (χ2n) is 4.27. The number of sulfone groups is 1. The van der Waals surface area contributed by atoms with Crippen LogP contribution in [0.3, 0.4) is 0 Å². The summed E-state index contributed by atoms with van der Waals surface area (Å²) in [7, 11) is -2.99. The minimum Gasteiger partial charge on any atom is -0.330 e. The first-order valence-corrected chi connectivity index (χ1v) is 7.84. The van der Waals surface area contributed by atoms with Gasteiger partial charge in [0.25, 0.3) is 0 Å². The molecule has 0 saturated heterocycles. The Morgan fingerprint density at radius 2 is 1.88 bits per heavy atom. The smallest absolute Gasteiger partial charge is 0.151 e. The van der Waals surface area contributed by atoms with Crippen LogP contribution in [-0.2, 0) is 9.84 Å². The molecule has 5 heteroatoms. The number of hydrogen-bond acceptors (Lipinski definition) is 3. The second kappa shape index (κ2) is 4.13. The molecule has 2 rings (SSSR count). The van der Waals surface area contributed by atoms with Gasteiger partial charge in [-0.25, -0.2) is 8.42 Å². The fourth-order valence-electron chi connectivity index (χ4n) is 2.33. The molecule has 3 nitrogen and oxygen atoms in total. The van der Waals surface area contributed by atoms with Gasteiger partial charge in [-0.3, -0.25) is 0 Å². The average molecular weight is 304 g/mol. The van der Waals surface area contributed by atoms with Gasteiger partial charge in [-0.2, -0.15) is 0 Å². The average Bonchev–Trinajstić information content (AvgIpc) is 2.92. The van der Waals surface area contributed by atoms with Crippen molar-refractivity contribution >= 4 is 25.8 Å². The first kappa shape index (κ1) is 12.1. The third-order valence-corrected chi connectivity index (χ3v) is 5.28. The van der Waals surface area contributed by atoms with E-state index in [1.54, 1.807) is 0 Å². The molecule has 1 aliphatic carbocycles. The molecule has 0 aromatic heterocycles. The van der Waals surface area contributed by atoms with Gasteiger partial charge >= 0.3 is 0 Å². The third kappa shape index (κ3) is 2.17. The standard InChI is InChI=1S/C11H14BrNO2S/c1-16(14,15)11-9(6-13)10(11)7-2-4-8(12)5-3-7/h2-5,9-11H,6,13H2,1H3/t9-,10-,11+/m0/s1. The summed E-state index contributed by atoms with van der Waals surface area (Å²) in [5, 5.41) is -0.293.